The van der Waals surface area contributed by atoms with Crippen LogP contribution in [0.25, 0.3) is 0 Å². The summed E-state index contributed by atoms with van der Waals surface area (Å²) < 4.78 is 43.2. The van der Waals surface area contributed by atoms with E-state index in [1.165, 1.54) is 13.2 Å². The first-order valence-electron chi connectivity index (χ1n) is 6.31. The van der Waals surface area contributed by atoms with Crippen LogP contribution in [-0.2, 0) is 10.9 Å². The van der Waals surface area contributed by atoms with Crippen molar-refractivity contribution < 1.29 is 22.7 Å². The molecule has 0 atom stereocenters. The van der Waals surface area contributed by atoms with Gasteiger partial charge in [-0.1, -0.05) is 0 Å². The number of methoxy groups -OCH3 is 1. The van der Waals surface area contributed by atoms with Crippen molar-refractivity contribution >= 4 is 11.6 Å². The molecule has 1 rings (SSSR count). The summed E-state index contributed by atoms with van der Waals surface area (Å²) >= 11 is 0. The van der Waals surface area contributed by atoms with Gasteiger partial charge in [0.1, 0.15) is 0 Å². The van der Waals surface area contributed by atoms with E-state index < -0.39 is 23.2 Å². The molecule has 7 heteroatoms. The minimum Gasteiger partial charge on any atom is -0.387 e. The molecular formula is C14H19F3N2O2. The Labute approximate surface area is 121 Å². The quantitative estimate of drug-likeness (QED) is 0.879. The lowest BCUT2D eigenvalue weighted by atomic mass is 10.0. The Bertz CT molecular complexity index is 513. The maximum atomic E-state index is 12.8. The Morgan fingerprint density at radius 3 is 2.38 bits per heavy atom. The molecule has 0 aromatic heterocycles. The number of benzene rings is 1. The molecule has 1 amide bonds. The third-order valence-corrected chi connectivity index (χ3v) is 2.82. The van der Waals surface area contributed by atoms with Crippen LogP contribution >= 0.6 is 0 Å². The Balaban J connectivity index is 3.12. The standard InChI is InChI=1S/C14H19F3N2O2/c1-13(2,8-21-4)19-12(20)10-7-9(14(15,16)17)5-6-11(10)18-3/h5-7,18H,8H2,1-4H3,(H,19,20). The van der Waals surface area contributed by atoms with Crippen molar-refractivity contribution in [1.29, 1.82) is 0 Å². The van der Waals surface area contributed by atoms with Crippen LogP contribution in [-0.4, -0.2) is 32.2 Å². The highest BCUT2D eigenvalue weighted by atomic mass is 19.4. The predicted octanol–water partition coefficient (Wildman–Crippen LogP) is 2.90. The SMILES string of the molecule is CNc1ccc(C(F)(F)F)cc1C(=O)NC(C)(C)COC. The molecule has 4 nitrogen and oxygen atoms in total. The van der Waals surface area contributed by atoms with Gasteiger partial charge in [0.2, 0.25) is 0 Å². The van der Waals surface area contributed by atoms with Gasteiger partial charge in [-0.2, -0.15) is 13.2 Å². The van der Waals surface area contributed by atoms with Gasteiger partial charge in [-0.15, -0.1) is 0 Å². The topological polar surface area (TPSA) is 50.4 Å². The van der Waals surface area contributed by atoms with Gasteiger partial charge in [0, 0.05) is 19.8 Å². The third-order valence-electron chi connectivity index (χ3n) is 2.82. The number of halogens is 3. The second-order valence-electron chi connectivity index (χ2n) is 5.28. The smallest absolute Gasteiger partial charge is 0.387 e. The van der Waals surface area contributed by atoms with Crippen LogP contribution in [0.3, 0.4) is 0 Å². The van der Waals surface area contributed by atoms with Gasteiger partial charge in [-0.25, -0.2) is 0 Å². The first-order valence-corrected chi connectivity index (χ1v) is 6.31. The summed E-state index contributed by atoms with van der Waals surface area (Å²) in [5.74, 6) is -0.590. The predicted molar refractivity (Wildman–Crippen MR) is 74.4 cm³/mol. The van der Waals surface area contributed by atoms with Crippen LogP contribution in [0, 0.1) is 0 Å². The maximum Gasteiger partial charge on any atom is 0.416 e. The van der Waals surface area contributed by atoms with Gasteiger partial charge in [0.05, 0.1) is 23.3 Å². The summed E-state index contributed by atoms with van der Waals surface area (Å²) in [5, 5.41) is 5.37. The number of nitrogens with one attached hydrogen (secondary N) is 2. The normalized spacial score (nSPS) is 12.1. The van der Waals surface area contributed by atoms with Crippen molar-refractivity contribution in [2.75, 3.05) is 26.1 Å². The number of hydrogen-bond acceptors (Lipinski definition) is 3. The van der Waals surface area contributed by atoms with E-state index >= 15 is 0 Å². The zero-order valence-electron chi connectivity index (χ0n) is 12.4. The van der Waals surface area contributed by atoms with Crippen molar-refractivity contribution in [1.82, 2.24) is 5.32 Å². The molecule has 0 radical (unpaired) electrons. The monoisotopic (exact) mass is 304 g/mol. The average Bonchev–Trinajstić information content (AvgIpc) is 2.36. The number of hydrogen-bond donors (Lipinski definition) is 2. The first-order chi connectivity index (χ1) is 9.60. The van der Waals surface area contributed by atoms with Gasteiger partial charge in [0.15, 0.2) is 0 Å². The fourth-order valence-electron chi connectivity index (χ4n) is 1.90. The van der Waals surface area contributed by atoms with E-state index in [0.717, 1.165) is 12.1 Å². The highest BCUT2D eigenvalue weighted by molar-refractivity contribution is 6.00. The molecule has 2 N–H and O–H groups in total. The molecule has 0 unspecified atom stereocenters. The van der Waals surface area contributed by atoms with E-state index in [1.807, 2.05) is 0 Å². The van der Waals surface area contributed by atoms with Crippen LogP contribution in [0.5, 0.6) is 0 Å². The molecule has 118 valence electrons. The van der Waals surface area contributed by atoms with Crippen LogP contribution in [0.2, 0.25) is 0 Å². The molecule has 0 saturated carbocycles. The van der Waals surface area contributed by atoms with Crippen molar-refractivity contribution in [2.45, 2.75) is 25.6 Å². The molecule has 0 bridgehead atoms. The van der Waals surface area contributed by atoms with Crippen LogP contribution < -0.4 is 10.6 Å². The molecule has 21 heavy (non-hydrogen) atoms. The van der Waals surface area contributed by atoms with Gasteiger partial charge < -0.3 is 15.4 Å². The highest BCUT2D eigenvalue weighted by Gasteiger charge is 2.32. The van der Waals surface area contributed by atoms with E-state index in [1.54, 1.807) is 20.9 Å². The summed E-state index contributed by atoms with van der Waals surface area (Å²) in [6, 6.07) is 3.01. The third kappa shape index (κ3) is 4.63. The summed E-state index contributed by atoms with van der Waals surface area (Å²) in [6.45, 7) is 3.69. The van der Waals surface area contributed by atoms with Crippen molar-refractivity contribution in [3.8, 4) is 0 Å². The van der Waals surface area contributed by atoms with Gasteiger partial charge in [-0.05, 0) is 32.0 Å². The molecule has 0 aliphatic rings. The number of ether oxygens (including phenoxy) is 1. The molecule has 0 saturated heterocycles. The Hall–Kier alpha value is -1.76. The number of carbonyl (C=O) groups excluding carboxylic acids is 1. The summed E-state index contributed by atoms with van der Waals surface area (Å²) in [7, 11) is 3.02. The Morgan fingerprint density at radius 2 is 1.90 bits per heavy atom. The Morgan fingerprint density at radius 1 is 1.29 bits per heavy atom. The number of alkyl halides is 3. The lowest BCUT2D eigenvalue weighted by Crippen LogP contribution is -2.47. The fourth-order valence-corrected chi connectivity index (χ4v) is 1.90. The van der Waals surface area contributed by atoms with Crippen molar-refractivity contribution in [3.05, 3.63) is 29.3 Å². The van der Waals surface area contributed by atoms with Gasteiger partial charge in [0.25, 0.3) is 5.91 Å². The van der Waals surface area contributed by atoms with Crippen LogP contribution in [0.1, 0.15) is 29.8 Å². The van der Waals surface area contributed by atoms with Gasteiger partial charge in [-0.3, -0.25) is 4.79 Å². The molecule has 0 aliphatic heterocycles. The van der Waals surface area contributed by atoms with E-state index in [9.17, 15) is 18.0 Å². The van der Waals surface area contributed by atoms with E-state index in [4.69, 9.17) is 4.74 Å². The number of carbonyl (C=O) groups is 1. The molecule has 0 aliphatic carbocycles. The second-order valence-corrected chi connectivity index (χ2v) is 5.28. The molecule has 0 fully saturated rings. The van der Waals surface area contributed by atoms with Gasteiger partial charge >= 0.3 is 6.18 Å². The zero-order valence-corrected chi connectivity index (χ0v) is 12.4. The number of amides is 1. The summed E-state index contributed by atoms with van der Waals surface area (Å²) in [5.41, 5.74) is -1.29. The minimum absolute atomic E-state index is 0.0588. The van der Waals surface area contributed by atoms with Crippen LogP contribution in [0.4, 0.5) is 18.9 Å². The van der Waals surface area contributed by atoms with Crippen molar-refractivity contribution in [2.24, 2.45) is 0 Å². The van der Waals surface area contributed by atoms with E-state index in [2.05, 4.69) is 10.6 Å². The Kier molecular flexibility index (Phi) is 5.22. The zero-order chi connectivity index (χ0) is 16.3. The lowest BCUT2D eigenvalue weighted by Gasteiger charge is -2.26. The molecule has 0 spiro atoms. The summed E-state index contributed by atoms with van der Waals surface area (Å²) in [4.78, 5) is 12.2. The minimum atomic E-state index is -4.50. The van der Waals surface area contributed by atoms with E-state index in [-0.39, 0.29) is 12.2 Å². The highest BCUT2D eigenvalue weighted by Crippen LogP contribution is 2.31. The summed E-state index contributed by atoms with van der Waals surface area (Å²) in [6.07, 6.45) is -4.50. The molecular weight excluding hydrogens is 285 g/mol. The maximum absolute atomic E-state index is 12.8. The molecule has 1 aromatic rings. The van der Waals surface area contributed by atoms with E-state index in [0.29, 0.717) is 5.69 Å². The largest absolute Gasteiger partial charge is 0.416 e. The second kappa shape index (κ2) is 6.34. The van der Waals surface area contributed by atoms with Crippen LogP contribution in [0.15, 0.2) is 18.2 Å². The average molecular weight is 304 g/mol. The molecule has 1 aromatic carbocycles. The lowest BCUT2D eigenvalue weighted by molar-refractivity contribution is -0.137. The molecule has 0 heterocycles. The fraction of sp³-hybridized carbons (Fsp3) is 0.500. The first kappa shape index (κ1) is 17.3. The van der Waals surface area contributed by atoms with Crippen molar-refractivity contribution in [3.63, 3.8) is 0 Å². The number of rotatable bonds is 5. The number of anilines is 1.